The molecule has 1 aliphatic rings. The van der Waals surface area contributed by atoms with Gasteiger partial charge in [0.1, 0.15) is 6.54 Å². The van der Waals surface area contributed by atoms with E-state index in [4.69, 9.17) is 5.11 Å². The summed E-state index contributed by atoms with van der Waals surface area (Å²) in [5, 5.41) is 8.58. The molecule has 1 heterocycles. The van der Waals surface area contributed by atoms with E-state index in [1.165, 1.54) is 16.3 Å². The maximum absolute atomic E-state index is 11.8. The van der Waals surface area contributed by atoms with Crippen LogP contribution in [0.25, 0.3) is 0 Å². The zero-order valence-corrected chi connectivity index (χ0v) is 11.2. The number of amides is 2. The van der Waals surface area contributed by atoms with Gasteiger partial charge in [-0.25, -0.2) is 13.2 Å². The second-order valence-corrected chi connectivity index (χ2v) is 6.16. The van der Waals surface area contributed by atoms with E-state index in [2.05, 4.69) is 0 Å². The molecule has 0 saturated carbocycles. The molecular formula is C9H17N3O5S. The van der Waals surface area contributed by atoms with Crippen molar-refractivity contribution < 1.29 is 23.1 Å². The van der Waals surface area contributed by atoms with Crippen LogP contribution in [0.4, 0.5) is 4.79 Å². The van der Waals surface area contributed by atoms with Gasteiger partial charge in [-0.15, -0.1) is 0 Å². The minimum atomic E-state index is -3.23. The predicted molar refractivity (Wildman–Crippen MR) is 63.7 cm³/mol. The van der Waals surface area contributed by atoms with E-state index in [1.54, 1.807) is 0 Å². The van der Waals surface area contributed by atoms with Crippen LogP contribution in [-0.2, 0) is 14.8 Å². The van der Waals surface area contributed by atoms with Crippen LogP contribution in [-0.4, -0.2) is 85.7 Å². The van der Waals surface area contributed by atoms with Gasteiger partial charge < -0.3 is 14.9 Å². The van der Waals surface area contributed by atoms with Crippen molar-refractivity contribution in [3.8, 4) is 0 Å². The van der Waals surface area contributed by atoms with Gasteiger partial charge in [-0.1, -0.05) is 0 Å². The fourth-order valence-corrected chi connectivity index (χ4v) is 2.55. The van der Waals surface area contributed by atoms with Crippen LogP contribution in [0.2, 0.25) is 0 Å². The average molecular weight is 279 g/mol. The summed E-state index contributed by atoms with van der Waals surface area (Å²) in [6.45, 7) is 0.661. The number of aliphatic carboxylic acids is 1. The Morgan fingerprint density at radius 2 is 1.72 bits per heavy atom. The molecule has 0 aliphatic carbocycles. The highest BCUT2D eigenvalue weighted by Crippen LogP contribution is 2.07. The maximum atomic E-state index is 11.8. The van der Waals surface area contributed by atoms with Gasteiger partial charge in [-0.2, -0.15) is 4.31 Å². The number of carbonyl (C=O) groups excluding carboxylic acids is 1. The van der Waals surface area contributed by atoms with E-state index in [1.807, 2.05) is 0 Å². The molecule has 0 unspecified atom stereocenters. The standard InChI is InChI=1S/C9H17N3O5S/c1-10(7-8(13)14)9(15)11-3-5-12(6-4-11)18(2,16)17/h3-7H2,1-2H3,(H,13,14). The van der Waals surface area contributed by atoms with Gasteiger partial charge >= 0.3 is 12.0 Å². The average Bonchev–Trinajstić information content (AvgIpc) is 2.26. The van der Waals surface area contributed by atoms with Crippen LogP contribution in [0.5, 0.6) is 0 Å². The molecule has 0 aromatic rings. The minimum absolute atomic E-state index is 0.242. The number of hydrogen-bond donors (Lipinski definition) is 1. The van der Waals surface area contributed by atoms with Gasteiger partial charge in [-0.05, 0) is 0 Å². The first kappa shape index (κ1) is 14.7. The fourth-order valence-electron chi connectivity index (χ4n) is 1.72. The van der Waals surface area contributed by atoms with Crippen molar-refractivity contribution in [2.75, 3.05) is 46.0 Å². The Morgan fingerprint density at radius 1 is 1.22 bits per heavy atom. The molecule has 104 valence electrons. The van der Waals surface area contributed by atoms with Gasteiger partial charge in [0.2, 0.25) is 10.0 Å². The topological polar surface area (TPSA) is 98.2 Å². The Kier molecular flexibility index (Phi) is 4.52. The van der Waals surface area contributed by atoms with Crippen molar-refractivity contribution in [3.63, 3.8) is 0 Å². The summed E-state index contributed by atoms with van der Waals surface area (Å²) in [7, 11) is -1.82. The van der Waals surface area contributed by atoms with Gasteiger partial charge in [0.15, 0.2) is 0 Å². The number of carboxylic acids is 1. The van der Waals surface area contributed by atoms with Crippen LogP contribution in [0.3, 0.4) is 0 Å². The Morgan fingerprint density at radius 3 is 2.11 bits per heavy atom. The van der Waals surface area contributed by atoms with Crippen LogP contribution < -0.4 is 0 Å². The lowest BCUT2D eigenvalue weighted by molar-refractivity contribution is -0.137. The van der Waals surface area contributed by atoms with Gasteiger partial charge in [0.05, 0.1) is 6.26 Å². The minimum Gasteiger partial charge on any atom is -0.480 e. The Labute approximate surface area is 106 Å². The smallest absolute Gasteiger partial charge is 0.323 e. The molecule has 0 bridgehead atoms. The number of sulfonamides is 1. The Bertz CT molecular complexity index is 427. The Balaban J connectivity index is 2.53. The quantitative estimate of drug-likeness (QED) is 0.692. The molecule has 1 N–H and O–H groups in total. The second kappa shape index (κ2) is 5.53. The molecule has 0 aromatic carbocycles. The number of nitrogens with zero attached hydrogens (tertiary/aromatic N) is 3. The molecule has 1 saturated heterocycles. The molecule has 8 nitrogen and oxygen atoms in total. The first-order valence-corrected chi connectivity index (χ1v) is 7.23. The van der Waals surface area contributed by atoms with E-state index >= 15 is 0 Å². The summed E-state index contributed by atoms with van der Waals surface area (Å²) >= 11 is 0. The van der Waals surface area contributed by atoms with Crippen LogP contribution in [0.15, 0.2) is 0 Å². The van der Waals surface area contributed by atoms with E-state index in [9.17, 15) is 18.0 Å². The number of hydrogen-bond acceptors (Lipinski definition) is 4. The zero-order valence-electron chi connectivity index (χ0n) is 10.4. The van der Waals surface area contributed by atoms with Crippen molar-refractivity contribution >= 4 is 22.0 Å². The van der Waals surface area contributed by atoms with Crippen LogP contribution in [0.1, 0.15) is 0 Å². The third-order valence-electron chi connectivity index (χ3n) is 2.68. The van der Waals surface area contributed by atoms with E-state index < -0.39 is 22.0 Å². The molecule has 1 fully saturated rings. The van der Waals surface area contributed by atoms with E-state index in [0.717, 1.165) is 11.2 Å². The maximum Gasteiger partial charge on any atom is 0.323 e. The molecular weight excluding hydrogens is 262 g/mol. The highest BCUT2D eigenvalue weighted by molar-refractivity contribution is 7.88. The van der Waals surface area contributed by atoms with Crippen molar-refractivity contribution in [1.82, 2.24) is 14.1 Å². The lowest BCUT2D eigenvalue weighted by Gasteiger charge is -2.35. The second-order valence-electron chi connectivity index (χ2n) is 4.18. The highest BCUT2D eigenvalue weighted by Gasteiger charge is 2.27. The molecule has 18 heavy (non-hydrogen) atoms. The molecule has 0 atom stereocenters. The van der Waals surface area contributed by atoms with Crippen molar-refractivity contribution in [1.29, 1.82) is 0 Å². The summed E-state index contributed by atoms with van der Waals surface area (Å²) in [5.41, 5.74) is 0. The molecule has 1 aliphatic heterocycles. The monoisotopic (exact) mass is 279 g/mol. The normalized spacial score (nSPS) is 17.6. The third kappa shape index (κ3) is 3.84. The largest absolute Gasteiger partial charge is 0.480 e. The first-order chi connectivity index (χ1) is 8.21. The highest BCUT2D eigenvalue weighted by atomic mass is 32.2. The predicted octanol–water partition coefficient (Wildman–Crippen LogP) is -1.30. The SMILES string of the molecule is CN(CC(=O)O)C(=O)N1CCN(S(C)(=O)=O)CC1. The number of urea groups is 1. The third-order valence-corrected chi connectivity index (χ3v) is 3.98. The zero-order chi connectivity index (χ0) is 13.9. The summed E-state index contributed by atoms with van der Waals surface area (Å²) in [5.74, 6) is -1.08. The Hall–Kier alpha value is -1.35. The molecule has 0 aromatic heterocycles. The fraction of sp³-hybridized carbons (Fsp3) is 0.778. The summed E-state index contributed by atoms with van der Waals surface area (Å²) in [6.07, 6.45) is 1.13. The molecule has 2 amide bonds. The number of likely N-dealkylation sites (N-methyl/N-ethyl adjacent to an activating group) is 1. The van der Waals surface area contributed by atoms with Crippen molar-refractivity contribution in [2.45, 2.75) is 0 Å². The van der Waals surface area contributed by atoms with E-state index in [0.29, 0.717) is 0 Å². The lowest BCUT2D eigenvalue weighted by Crippen LogP contribution is -2.53. The van der Waals surface area contributed by atoms with Crippen LogP contribution >= 0.6 is 0 Å². The number of rotatable bonds is 3. The number of carbonyl (C=O) groups is 2. The van der Waals surface area contributed by atoms with Gasteiger partial charge in [-0.3, -0.25) is 4.79 Å². The van der Waals surface area contributed by atoms with Gasteiger partial charge in [0.25, 0.3) is 0 Å². The van der Waals surface area contributed by atoms with Crippen molar-refractivity contribution in [3.05, 3.63) is 0 Å². The summed E-state index contributed by atoms with van der Waals surface area (Å²) in [6, 6.07) is -0.398. The number of piperazine rings is 1. The van der Waals surface area contributed by atoms with Gasteiger partial charge in [0, 0.05) is 33.2 Å². The van der Waals surface area contributed by atoms with Crippen molar-refractivity contribution in [2.24, 2.45) is 0 Å². The summed E-state index contributed by atoms with van der Waals surface area (Å²) in [4.78, 5) is 24.8. The molecule has 0 radical (unpaired) electrons. The molecule has 9 heteroatoms. The lowest BCUT2D eigenvalue weighted by atomic mass is 10.4. The first-order valence-electron chi connectivity index (χ1n) is 5.39. The van der Waals surface area contributed by atoms with Crippen LogP contribution in [0, 0.1) is 0 Å². The molecule has 1 rings (SSSR count). The summed E-state index contributed by atoms with van der Waals surface area (Å²) < 4.78 is 23.9. The number of carboxylic acid groups (broad SMARTS) is 1. The van der Waals surface area contributed by atoms with E-state index in [-0.39, 0.29) is 32.7 Å². The molecule has 0 spiro atoms.